The molecule has 7 heteroatoms. The van der Waals surface area contributed by atoms with Crippen LogP contribution in [0.3, 0.4) is 0 Å². The fraction of sp³-hybridized carbons (Fsp3) is 0.333. The third-order valence-electron chi connectivity index (χ3n) is 4.50. The minimum Gasteiger partial charge on any atom is -0.497 e. The SMILES string of the molecule is COc1ccc([C@H]2NC(=O)N(Cc3cccs3)C(C)=C2C(=O)OC(C)C)cc1. The quantitative estimate of drug-likeness (QED) is 0.736. The number of benzene rings is 1. The molecule has 1 aromatic heterocycles. The molecule has 1 atom stereocenters. The van der Waals surface area contributed by atoms with Crippen LogP contribution in [-0.4, -0.2) is 30.1 Å². The van der Waals surface area contributed by atoms with Crippen molar-refractivity contribution < 1.29 is 19.1 Å². The maximum atomic E-state index is 12.9. The normalized spacial score (nSPS) is 17.0. The summed E-state index contributed by atoms with van der Waals surface area (Å²) in [6, 6.07) is 10.4. The molecule has 148 valence electrons. The van der Waals surface area contributed by atoms with E-state index in [2.05, 4.69) is 5.32 Å². The maximum Gasteiger partial charge on any atom is 0.338 e. The Labute approximate surface area is 168 Å². The zero-order valence-electron chi connectivity index (χ0n) is 16.4. The summed E-state index contributed by atoms with van der Waals surface area (Å²) in [6.45, 7) is 5.81. The number of rotatable bonds is 6. The molecule has 1 aromatic carbocycles. The van der Waals surface area contributed by atoms with Crippen LogP contribution in [0.5, 0.6) is 5.75 Å². The van der Waals surface area contributed by atoms with Gasteiger partial charge in [0, 0.05) is 10.6 Å². The number of nitrogens with zero attached hydrogens (tertiary/aromatic N) is 1. The first-order valence-corrected chi connectivity index (χ1v) is 9.94. The molecule has 0 saturated carbocycles. The molecule has 0 bridgehead atoms. The van der Waals surface area contributed by atoms with Crippen molar-refractivity contribution in [2.24, 2.45) is 0 Å². The molecule has 2 heterocycles. The molecule has 1 aliphatic rings. The van der Waals surface area contributed by atoms with E-state index < -0.39 is 12.0 Å². The number of esters is 1. The number of carbonyl (C=O) groups excluding carboxylic acids is 2. The number of urea groups is 1. The molecule has 2 aromatic rings. The lowest BCUT2D eigenvalue weighted by Gasteiger charge is -2.35. The Bertz CT molecular complexity index is 872. The van der Waals surface area contributed by atoms with E-state index in [1.807, 2.05) is 29.6 Å². The molecule has 2 amide bonds. The molecule has 28 heavy (non-hydrogen) atoms. The van der Waals surface area contributed by atoms with Crippen molar-refractivity contribution >= 4 is 23.3 Å². The Morgan fingerprint density at radius 2 is 1.96 bits per heavy atom. The van der Waals surface area contributed by atoms with Gasteiger partial charge in [0.1, 0.15) is 5.75 Å². The Hall–Kier alpha value is -2.80. The molecule has 6 nitrogen and oxygen atoms in total. The van der Waals surface area contributed by atoms with Crippen molar-refractivity contribution in [2.45, 2.75) is 39.5 Å². The molecule has 0 radical (unpaired) electrons. The average Bonchev–Trinajstić information content (AvgIpc) is 3.17. The minimum absolute atomic E-state index is 0.243. The van der Waals surface area contributed by atoms with Gasteiger partial charge in [-0.3, -0.25) is 4.90 Å². The lowest BCUT2D eigenvalue weighted by atomic mass is 9.94. The summed E-state index contributed by atoms with van der Waals surface area (Å²) in [6.07, 6.45) is -0.257. The van der Waals surface area contributed by atoms with Crippen molar-refractivity contribution in [2.75, 3.05) is 7.11 Å². The van der Waals surface area contributed by atoms with E-state index in [1.165, 1.54) is 0 Å². The summed E-state index contributed by atoms with van der Waals surface area (Å²) < 4.78 is 10.7. The number of carbonyl (C=O) groups is 2. The van der Waals surface area contributed by atoms with E-state index in [1.54, 1.807) is 56.3 Å². The highest BCUT2D eigenvalue weighted by molar-refractivity contribution is 7.09. The highest BCUT2D eigenvalue weighted by Crippen LogP contribution is 2.33. The van der Waals surface area contributed by atoms with Gasteiger partial charge in [-0.05, 0) is 49.9 Å². The first-order chi connectivity index (χ1) is 13.4. The van der Waals surface area contributed by atoms with Gasteiger partial charge < -0.3 is 14.8 Å². The zero-order valence-corrected chi connectivity index (χ0v) is 17.2. The van der Waals surface area contributed by atoms with E-state index in [9.17, 15) is 9.59 Å². The number of nitrogens with one attached hydrogen (secondary N) is 1. The Kier molecular flexibility index (Phi) is 6.04. The summed E-state index contributed by atoms with van der Waals surface area (Å²) in [4.78, 5) is 28.4. The number of methoxy groups -OCH3 is 1. The molecular formula is C21H24N2O4S. The van der Waals surface area contributed by atoms with E-state index in [4.69, 9.17) is 9.47 Å². The summed E-state index contributed by atoms with van der Waals surface area (Å²) >= 11 is 1.57. The van der Waals surface area contributed by atoms with Crippen LogP contribution < -0.4 is 10.1 Å². The number of hydrogen-bond donors (Lipinski definition) is 1. The van der Waals surface area contributed by atoms with Crippen LogP contribution in [0, 0.1) is 0 Å². The molecular weight excluding hydrogens is 376 g/mol. The van der Waals surface area contributed by atoms with Crippen LogP contribution in [0.25, 0.3) is 0 Å². The predicted molar refractivity (Wildman–Crippen MR) is 108 cm³/mol. The molecule has 0 saturated heterocycles. The highest BCUT2D eigenvalue weighted by Gasteiger charge is 2.36. The molecule has 0 aliphatic carbocycles. The van der Waals surface area contributed by atoms with Gasteiger partial charge in [-0.25, -0.2) is 9.59 Å². The molecule has 0 fully saturated rings. The molecule has 0 unspecified atom stereocenters. The average molecular weight is 401 g/mol. The van der Waals surface area contributed by atoms with Crippen molar-refractivity contribution in [1.29, 1.82) is 0 Å². The van der Waals surface area contributed by atoms with Crippen LogP contribution >= 0.6 is 11.3 Å². The van der Waals surface area contributed by atoms with Gasteiger partial charge in [-0.2, -0.15) is 0 Å². The maximum absolute atomic E-state index is 12.9. The smallest absolute Gasteiger partial charge is 0.338 e. The first-order valence-electron chi connectivity index (χ1n) is 9.06. The van der Waals surface area contributed by atoms with Crippen molar-refractivity contribution in [3.63, 3.8) is 0 Å². The highest BCUT2D eigenvalue weighted by atomic mass is 32.1. The molecule has 1 N–H and O–H groups in total. The van der Waals surface area contributed by atoms with Crippen LogP contribution in [0.2, 0.25) is 0 Å². The Morgan fingerprint density at radius 3 is 2.54 bits per heavy atom. The standard InChI is InChI=1S/C21H24N2O4S/c1-13(2)27-20(24)18-14(3)23(12-17-6-5-11-28-17)21(25)22-19(18)15-7-9-16(26-4)10-8-15/h5-11,13,19H,12H2,1-4H3,(H,22,25)/t19-/m1/s1. The number of hydrogen-bond acceptors (Lipinski definition) is 5. The third kappa shape index (κ3) is 4.20. The predicted octanol–water partition coefficient (Wildman–Crippen LogP) is 4.25. The van der Waals surface area contributed by atoms with Gasteiger partial charge in [0.25, 0.3) is 0 Å². The fourth-order valence-electron chi connectivity index (χ4n) is 3.12. The second kappa shape index (κ2) is 8.48. The van der Waals surface area contributed by atoms with Gasteiger partial charge in [0.15, 0.2) is 0 Å². The third-order valence-corrected chi connectivity index (χ3v) is 5.36. The molecule has 1 aliphatic heterocycles. The largest absolute Gasteiger partial charge is 0.497 e. The van der Waals surface area contributed by atoms with Crippen LogP contribution in [0.1, 0.15) is 37.3 Å². The topological polar surface area (TPSA) is 67.9 Å². The van der Waals surface area contributed by atoms with Gasteiger partial charge in [-0.1, -0.05) is 18.2 Å². The number of ether oxygens (including phenoxy) is 2. The summed E-state index contributed by atoms with van der Waals surface area (Å²) in [5.74, 6) is 0.279. The molecule has 3 rings (SSSR count). The van der Waals surface area contributed by atoms with Gasteiger partial charge in [0.05, 0.1) is 31.4 Å². The van der Waals surface area contributed by atoms with E-state index in [-0.39, 0.29) is 12.1 Å². The minimum atomic E-state index is -0.579. The Balaban J connectivity index is 2.01. The summed E-state index contributed by atoms with van der Waals surface area (Å²) in [5.41, 5.74) is 1.83. The van der Waals surface area contributed by atoms with E-state index in [0.29, 0.717) is 23.6 Å². The van der Waals surface area contributed by atoms with Gasteiger partial charge in [0.2, 0.25) is 0 Å². The van der Waals surface area contributed by atoms with Crippen molar-refractivity contribution in [3.05, 3.63) is 63.5 Å². The first kappa shape index (κ1) is 19.9. The fourth-order valence-corrected chi connectivity index (χ4v) is 3.81. The second-order valence-electron chi connectivity index (χ2n) is 6.77. The Morgan fingerprint density at radius 1 is 1.25 bits per heavy atom. The number of amides is 2. The lowest BCUT2D eigenvalue weighted by molar-refractivity contribution is -0.143. The van der Waals surface area contributed by atoms with Crippen molar-refractivity contribution in [3.8, 4) is 5.75 Å². The number of allylic oxidation sites excluding steroid dienone is 1. The zero-order chi connectivity index (χ0) is 20.3. The molecule has 0 spiro atoms. The monoisotopic (exact) mass is 400 g/mol. The summed E-state index contributed by atoms with van der Waals surface area (Å²) in [7, 11) is 1.59. The second-order valence-corrected chi connectivity index (χ2v) is 7.81. The lowest BCUT2D eigenvalue weighted by Crippen LogP contribution is -2.47. The van der Waals surface area contributed by atoms with Crippen LogP contribution in [0.15, 0.2) is 53.0 Å². The van der Waals surface area contributed by atoms with E-state index >= 15 is 0 Å². The van der Waals surface area contributed by atoms with Crippen LogP contribution in [0.4, 0.5) is 4.79 Å². The van der Waals surface area contributed by atoms with Crippen LogP contribution in [-0.2, 0) is 16.1 Å². The van der Waals surface area contributed by atoms with Gasteiger partial charge >= 0.3 is 12.0 Å². The van der Waals surface area contributed by atoms with Crippen molar-refractivity contribution in [1.82, 2.24) is 10.2 Å². The number of thiophene rings is 1. The van der Waals surface area contributed by atoms with E-state index in [0.717, 1.165) is 10.4 Å². The summed E-state index contributed by atoms with van der Waals surface area (Å²) in [5, 5.41) is 4.92. The van der Waals surface area contributed by atoms with Gasteiger partial charge in [-0.15, -0.1) is 11.3 Å².